The van der Waals surface area contributed by atoms with E-state index in [9.17, 15) is 0 Å². The van der Waals surface area contributed by atoms with E-state index in [1.54, 1.807) is 0 Å². The van der Waals surface area contributed by atoms with Gasteiger partial charge in [0.15, 0.2) is 5.17 Å². The van der Waals surface area contributed by atoms with Gasteiger partial charge in [0.25, 0.3) is 0 Å². The van der Waals surface area contributed by atoms with Gasteiger partial charge in [0.05, 0.1) is 6.07 Å². The number of thioether (sulfide) groups is 1. The van der Waals surface area contributed by atoms with Crippen LogP contribution in [0.15, 0.2) is 0 Å². The Labute approximate surface area is 70.9 Å². The van der Waals surface area contributed by atoms with Crippen molar-refractivity contribution in [2.24, 2.45) is 5.73 Å². The van der Waals surface area contributed by atoms with Gasteiger partial charge in [-0.25, -0.2) is 0 Å². The van der Waals surface area contributed by atoms with Crippen LogP contribution in [0.25, 0.3) is 0 Å². The lowest BCUT2D eigenvalue weighted by Crippen LogP contribution is -2.04. The minimum atomic E-state index is 0. The van der Waals surface area contributed by atoms with Crippen molar-refractivity contribution in [2.75, 3.05) is 5.75 Å². The molecule has 0 aliphatic rings. The van der Waals surface area contributed by atoms with Gasteiger partial charge in [0, 0.05) is 12.2 Å². The molecular formula is C5H10ClN3S. The first kappa shape index (κ1) is 12.3. The topological polar surface area (TPSA) is 73.7 Å². The molecule has 10 heavy (non-hydrogen) atoms. The number of hydrogen-bond acceptors (Lipinski definition) is 3. The summed E-state index contributed by atoms with van der Waals surface area (Å²) >= 11 is 1.28. The fourth-order valence-electron chi connectivity index (χ4n) is 0.333. The zero-order valence-corrected chi connectivity index (χ0v) is 7.10. The highest BCUT2D eigenvalue weighted by molar-refractivity contribution is 8.13. The van der Waals surface area contributed by atoms with Crippen molar-refractivity contribution < 1.29 is 0 Å². The first-order valence-electron chi connectivity index (χ1n) is 2.61. The summed E-state index contributed by atoms with van der Waals surface area (Å²) in [5.41, 5.74) is 5.04. The van der Waals surface area contributed by atoms with Crippen LogP contribution in [0.3, 0.4) is 0 Å². The summed E-state index contributed by atoms with van der Waals surface area (Å²) in [4.78, 5) is 0. The third kappa shape index (κ3) is 10.6. The molecule has 0 saturated heterocycles. The molecule has 0 amide bonds. The van der Waals surface area contributed by atoms with Crippen molar-refractivity contribution in [1.82, 2.24) is 0 Å². The van der Waals surface area contributed by atoms with Crippen LogP contribution >= 0.6 is 24.2 Å². The maximum atomic E-state index is 8.09. The molecule has 0 spiro atoms. The molecule has 0 fully saturated rings. The highest BCUT2D eigenvalue weighted by Crippen LogP contribution is 2.01. The number of nitrogens with zero attached hydrogens (tertiary/aromatic N) is 1. The van der Waals surface area contributed by atoms with Crippen LogP contribution in [0.4, 0.5) is 0 Å². The van der Waals surface area contributed by atoms with Crippen molar-refractivity contribution in [3.8, 4) is 6.07 Å². The lowest BCUT2D eigenvalue weighted by Gasteiger charge is -1.92. The fraction of sp³-hybridized carbons (Fsp3) is 0.600. The third-order valence-electron chi connectivity index (χ3n) is 0.690. The van der Waals surface area contributed by atoms with E-state index in [4.69, 9.17) is 16.4 Å². The predicted octanol–water partition coefficient (Wildman–Crippen LogP) is 1.34. The molecule has 0 aromatic rings. The van der Waals surface area contributed by atoms with Gasteiger partial charge in [-0.15, -0.1) is 12.4 Å². The molecule has 58 valence electrons. The predicted molar refractivity (Wildman–Crippen MR) is 46.5 cm³/mol. The summed E-state index contributed by atoms with van der Waals surface area (Å²) in [7, 11) is 0. The van der Waals surface area contributed by atoms with E-state index in [0.717, 1.165) is 12.2 Å². The van der Waals surface area contributed by atoms with Gasteiger partial charge >= 0.3 is 0 Å². The quantitative estimate of drug-likeness (QED) is 0.228. The zero-order chi connectivity index (χ0) is 7.11. The first-order valence-corrected chi connectivity index (χ1v) is 3.59. The molecular weight excluding hydrogens is 174 g/mol. The minimum absolute atomic E-state index is 0. The van der Waals surface area contributed by atoms with Crippen LogP contribution in [-0.2, 0) is 0 Å². The highest BCUT2D eigenvalue weighted by Gasteiger charge is 1.89. The van der Waals surface area contributed by atoms with Gasteiger partial charge in [0.2, 0.25) is 0 Å². The van der Waals surface area contributed by atoms with Gasteiger partial charge < -0.3 is 5.73 Å². The maximum Gasteiger partial charge on any atom is 0.151 e. The Morgan fingerprint density at radius 2 is 2.30 bits per heavy atom. The van der Waals surface area contributed by atoms with E-state index < -0.39 is 0 Å². The SMILES string of the molecule is Cl.N=[13C]([15NH2])SCCC[13C]#[15N]. The number of unbranched alkanes of at least 4 members (excludes halogenated alkanes) is 1. The molecule has 0 saturated carbocycles. The number of nitriles is 1. The molecule has 0 aromatic heterocycles. The average Bonchev–Trinajstić information content (AvgIpc) is 1.80. The summed E-state index contributed by atoms with van der Waals surface area (Å²) in [6, 6.07) is 2.02. The molecule has 0 rings (SSSR count). The summed E-state index contributed by atoms with van der Waals surface area (Å²) in [6.45, 7) is 0. The summed E-state index contributed by atoms with van der Waals surface area (Å²) < 4.78 is 0. The van der Waals surface area contributed by atoms with Crippen LogP contribution in [0, 0.1) is 16.7 Å². The van der Waals surface area contributed by atoms with Crippen molar-refractivity contribution in [3.63, 3.8) is 0 Å². The molecule has 3 N–H and O–H groups in total. The van der Waals surface area contributed by atoms with Crippen molar-refractivity contribution >= 4 is 29.3 Å². The Morgan fingerprint density at radius 3 is 2.70 bits per heavy atom. The average molecular weight is 184 g/mol. The van der Waals surface area contributed by atoms with E-state index in [1.165, 1.54) is 11.8 Å². The molecule has 0 radical (unpaired) electrons. The Balaban J connectivity index is 0. The van der Waals surface area contributed by atoms with Crippen molar-refractivity contribution in [2.45, 2.75) is 12.8 Å². The number of nitrogens with two attached hydrogens (primary N) is 1. The van der Waals surface area contributed by atoms with E-state index in [2.05, 4.69) is 0 Å². The molecule has 0 atom stereocenters. The van der Waals surface area contributed by atoms with Gasteiger partial charge in [0.1, 0.15) is 0 Å². The number of nitrogens with one attached hydrogen (secondary N) is 1. The summed E-state index contributed by atoms with van der Waals surface area (Å²) in [6.07, 6.45) is 1.38. The number of amidine groups is 1. The normalized spacial score (nSPS) is 7.50. The molecule has 0 aliphatic heterocycles. The highest BCUT2D eigenvalue weighted by atomic mass is 35.5. The van der Waals surface area contributed by atoms with E-state index in [1.807, 2.05) is 6.07 Å². The molecule has 0 bridgehead atoms. The van der Waals surface area contributed by atoms with Crippen LogP contribution in [0.2, 0.25) is 0 Å². The Bertz CT molecular complexity index is 131. The number of rotatable bonds is 3. The summed E-state index contributed by atoms with van der Waals surface area (Å²) in [5, 5.41) is 15.0. The Kier molecular flexibility index (Phi) is 10.6. The van der Waals surface area contributed by atoms with Crippen LogP contribution in [0.1, 0.15) is 12.8 Å². The lowest BCUT2D eigenvalue weighted by atomic mass is 10.5. The van der Waals surface area contributed by atoms with Crippen LogP contribution < -0.4 is 5.73 Å². The van der Waals surface area contributed by atoms with Crippen LogP contribution in [0.5, 0.6) is 0 Å². The second-order valence-corrected chi connectivity index (χ2v) is 2.61. The smallest absolute Gasteiger partial charge is 0.151 e. The Hall–Kier alpha value is -0.400. The molecule has 3 nitrogen and oxygen atoms in total. The second-order valence-electron chi connectivity index (χ2n) is 1.47. The minimum Gasteiger partial charge on any atom is -0.379 e. The molecule has 0 aromatic carbocycles. The fourth-order valence-corrected chi connectivity index (χ4v) is 0.842. The monoisotopic (exact) mass is 183 g/mol. The molecule has 0 unspecified atom stereocenters. The van der Waals surface area contributed by atoms with Crippen LogP contribution in [-0.4, -0.2) is 10.9 Å². The number of halogens is 1. The van der Waals surface area contributed by atoms with E-state index >= 15 is 0 Å². The lowest BCUT2D eigenvalue weighted by molar-refractivity contribution is 0.984. The van der Waals surface area contributed by atoms with Gasteiger partial charge in [-0.3, -0.25) is 5.41 Å². The summed E-state index contributed by atoms with van der Waals surface area (Å²) in [5.74, 6) is 0.781. The second kappa shape index (κ2) is 8.60. The maximum absolute atomic E-state index is 8.09. The van der Waals surface area contributed by atoms with Gasteiger partial charge in [-0.2, -0.15) is 5.26 Å². The van der Waals surface area contributed by atoms with E-state index in [-0.39, 0.29) is 17.6 Å². The van der Waals surface area contributed by atoms with Crippen molar-refractivity contribution in [1.29, 1.82) is 10.7 Å². The Morgan fingerprint density at radius 1 is 1.70 bits per heavy atom. The third-order valence-corrected chi connectivity index (χ3v) is 1.49. The first-order chi connectivity index (χ1) is 4.27. The van der Waals surface area contributed by atoms with E-state index in [0.29, 0.717) is 6.42 Å². The zero-order valence-electron chi connectivity index (χ0n) is 5.46. The van der Waals surface area contributed by atoms with Crippen molar-refractivity contribution in [3.05, 3.63) is 0 Å². The largest absolute Gasteiger partial charge is 0.379 e. The van der Waals surface area contributed by atoms with Gasteiger partial charge in [-0.05, 0) is 6.42 Å². The molecule has 0 aliphatic carbocycles. The standard InChI is InChI=1S/C5H9N3S.ClH/c6-3-1-2-4-9-5(7)8;/h1-2,4H2,(H3,7,8);1H/i3+1,5+1,6+1,7+1;. The van der Waals surface area contributed by atoms with Gasteiger partial charge in [-0.1, -0.05) is 11.8 Å². The number of hydrogen-bond donors (Lipinski definition) is 2. The molecule has 5 heteroatoms. The molecule has 0 heterocycles.